The van der Waals surface area contributed by atoms with E-state index in [0.29, 0.717) is 13.2 Å². The number of rotatable bonds is 40. The molecule has 0 heterocycles. The minimum Gasteiger partial charge on any atom is -0.550 e. The van der Waals surface area contributed by atoms with Gasteiger partial charge >= 0.3 is 60.8 Å². The predicted molar refractivity (Wildman–Crippen MR) is 258 cm³/mol. The van der Waals surface area contributed by atoms with E-state index in [9.17, 15) is 29.4 Å². The predicted octanol–water partition coefficient (Wildman–Crippen LogP) is 11.1. The minimum atomic E-state index is -1.04. The number of benzene rings is 2. The van der Waals surface area contributed by atoms with Crippen molar-refractivity contribution in [3.05, 3.63) is 71.8 Å². The third-order valence-corrected chi connectivity index (χ3v) is 11.6. The molecule has 2 rings (SSSR count). The Balaban J connectivity index is 0.00000124. The zero-order valence-corrected chi connectivity index (χ0v) is 45.5. The average Bonchev–Trinajstić information content (AvgIpc) is 3.27. The summed E-state index contributed by atoms with van der Waals surface area (Å²) < 4.78 is 22.2. The van der Waals surface area contributed by atoms with Crippen molar-refractivity contribution in [2.24, 2.45) is 0 Å². The first-order chi connectivity index (χ1) is 31.0. The van der Waals surface area contributed by atoms with Crippen molar-refractivity contribution >= 4 is 72.8 Å². The van der Waals surface area contributed by atoms with E-state index in [0.717, 1.165) is 88.2 Å². The van der Waals surface area contributed by atoms with Crippen molar-refractivity contribution in [3.63, 3.8) is 0 Å². The van der Waals surface area contributed by atoms with Crippen LogP contribution in [-0.4, -0.2) is 97.2 Å². The molecular formula is C54H86BaO10. The third kappa shape index (κ3) is 40.6. The van der Waals surface area contributed by atoms with Gasteiger partial charge in [-0.1, -0.05) is 190 Å². The van der Waals surface area contributed by atoms with E-state index in [1.165, 1.54) is 104 Å². The number of carboxylic acids is 2. The molecule has 2 aromatic carbocycles. The Bertz CT molecular complexity index is 1320. The van der Waals surface area contributed by atoms with Crippen molar-refractivity contribution < 1.29 is 48.3 Å². The molecule has 0 fully saturated rings. The number of carboxylic acid groups (broad SMARTS) is 2. The van der Waals surface area contributed by atoms with Gasteiger partial charge in [0.1, 0.15) is 12.2 Å². The van der Waals surface area contributed by atoms with Gasteiger partial charge < -0.3 is 38.7 Å². The number of carbonyl (C=O) groups excluding carboxylic acids is 4. The molecule has 11 heteroatoms. The van der Waals surface area contributed by atoms with Crippen LogP contribution >= 0.6 is 0 Å². The Hall–Kier alpha value is -2.19. The Kier molecular flexibility index (Phi) is 42.8. The van der Waals surface area contributed by atoms with Crippen LogP contribution in [0.2, 0.25) is 0 Å². The molecule has 0 saturated heterocycles. The zero-order chi connectivity index (χ0) is 46.9. The Morgan fingerprint density at radius 2 is 0.662 bits per heavy atom. The van der Waals surface area contributed by atoms with Crippen LogP contribution in [-0.2, 0) is 51.3 Å². The molecule has 4 unspecified atom stereocenters. The van der Waals surface area contributed by atoms with Crippen LogP contribution in [0, 0.1) is 0 Å². The van der Waals surface area contributed by atoms with Crippen molar-refractivity contribution in [2.75, 3.05) is 0 Å². The molecule has 4 atom stereocenters. The summed E-state index contributed by atoms with van der Waals surface area (Å²) in [5.74, 6) is -2.43. The van der Waals surface area contributed by atoms with Gasteiger partial charge in [-0.05, 0) is 62.5 Å². The van der Waals surface area contributed by atoms with E-state index in [1.54, 1.807) is 0 Å². The van der Waals surface area contributed by atoms with Gasteiger partial charge in [-0.2, -0.15) is 0 Å². The van der Waals surface area contributed by atoms with Gasteiger partial charge in [-0.15, -0.1) is 0 Å². The van der Waals surface area contributed by atoms with Gasteiger partial charge in [0, 0.05) is 38.6 Å². The van der Waals surface area contributed by atoms with Crippen LogP contribution in [0.25, 0.3) is 0 Å². The maximum absolute atomic E-state index is 11.0. The number of ether oxygens (including phenoxy) is 4. The number of aliphatic carboxylic acids is 2. The van der Waals surface area contributed by atoms with E-state index in [2.05, 4.69) is 13.8 Å². The van der Waals surface area contributed by atoms with Crippen LogP contribution in [0.15, 0.2) is 60.7 Å². The van der Waals surface area contributed by atoms with Crippen molar-refractivity contribution in [1.29, 1.82) is 0 Å². The summed E-state index contributed by atoms with van der Waals surface area (Å²) in [4.78, 5) is 44.0. The van der Waals surface area contributed by atoms with E-state index in [-0.39, 0.29) is 98.1 Å². The summed E-state index contributed by atoms with van der Waals surface area (Å²) in [6.07, 6.45) is 28.7. The summed E-state index contributed by atoms with van der Waals surface area (Å²) in [7, 11) is 0. The van der Waals surface area contributed by atoms with Crippen LogP contribution in [0.1, 0.15) is 219 Å². The quantitative estimate of drug-likeness (QED) is 0.0358. The Morgan fingerprint density at radius 1 is 0.415 bits per heavy atom. The van der Waals surface area contributed by atoms with Crippen LogP contribution in [0.3, 0.4) is 0 Å². The first-order valence-corrected chi connectivity index (χ1v) is 25.1. The second-order valence-corrected chi connectivity index (χ2v) is 17.5. The summed E-state index contributed by atoms with van der Waals surface area (Å²) in [6, 6.07) is 19.7. The van der Waals surface area contributed by atoms with Crippen LogP contribution in [0.4, 0.5) is 0 Å². The average molecular weight is 1030 g/mol. The van der Waals surface area contributed by atoms with E-state index >= 15 is 0 Å². The number of carbonyl (C=O) groups is 4. The maximum Gasteiger partial charge on any atom is 2.00 e. The molecule has 364 valence electrons. The monoisotopic (exact) mass is 1030 g/mol. The number of hydrogen-bond acceptors (Lipinski definition) is 10. The number of esters is 2. The van der Waals surface area contributed by atoms with Crippen molar-refractivity contribution in [2.45, 2.75) is 245 Å². The number of unbranched alkanes of at least 4 members (excludes halogenated alkanes) is 18. The van der Waals surface area contributed by atoms with Crippen LogP contribution in [0.5, 0.6) is 0 Å². The fourth-order valence-corrected chi connectivity index (χ4v) is 7.92. The molecule has 0 amide bonds. The van der Waals surface area contributed by atoms with E-state index in [1.807, 2.05) is 60.7 Å². The second kappa shape index (κ2) is 44.3. The fourth-order valence-electron chi connectivity index (χ4n) is 7.92. The van der Waals surface area contributed by atoms with Gasteiger partial charge in [0.2, 0.25) is 0 Å². The third-order valence-electron chi connectivity index (χ3n) is 11.6. The molecule has 0 radical (unpaired) electrons. The molecule has 65 heavy (non-hydrogen) atoms. The molecule has 0 aliphatic heterocycles. The first kappa shape index (κ1) is 62.8. The van der Waals surface area contributed by atoms with Crippen LogP contribution < -0.4 is 10.2 Å². The normalized spacial score (nSPS) is 12.7. The zero-order valence-electron chi connectivity index (χ0n) is 41.1. The summed E-state index contributed by atoms with van der Waals surface area (Å²) in [5, 5.41) is 22.0. The molecule has 0 N–H and O–H groups in total. The molecule has 0 aliphatic carbocycles. The molecule has 2 aromatic rings. The fraction of sp³-hybridized carbons (Fsp3) is 0.704. The molecule has 10 nitrogen and oxygen atoms in total. The van der Waals surface area contributed by atoms with E-state index < -0.39 is 11.9 Å². The molecule has 0 saturated carbocycles. The largest absolute Gasteiger partial charge is 2.00 e. The van der Waals surface area contributed by atoms with Gasteiger partial charge in [0.15, 0.2) is 0 Å². The standard InChI is InChI=1S/2C27H44O5.Ba/c2*1-3-25(32-23(2)28)19-15-10-8-6-4-5-7-9-11-16-20-26(21-27(29)30)31-22-24-17-13-12-14-18-24;/h2*12-14,17-18,25-26H,3-11,15-16,19-22H2,1-2H3,(H,29,30);/q;;+2/p-2. The maximum atomic E-state index is 11.0. The SMILES string of the molecule is CCC(CCCCCCCCCCCCC(CC(=O)[O-])OCc1ccccc1)OC(C)=O.CCC(CCCCCCCCCCCCC(CC(=O)[O-])OCc1ccccc1)OC(C)=O.[Ba+2]. The Morgan fingerprint density at radius 3 is 0.892 bits per heavy atom. The van der Waals surface area contributed by atoms with Gasteiger partial charge in [-0.3, -0.25) is 9.59 Å². The number of hydrogen-bond donors (Lipinski definition) is 0. The second-order valence-electron chi connectivity index (χ2n) is 17.5. The molecule has 0 aromatic heterocycles. The van der Waals surface area contributed by atoms with Gasteiger partial charge in [0.25, 0.3) is 0 Å². The van der Waals surface area contributed by atoms with Gasteiger partial charge in [0.05, 0.1) is 25.4 Å². The summed E-state index contributed by atoms with van der Waals surface area (Å²) >= 11 is 0. The van der Waals surface area contributed by atoms with Crippen molar-refractivity contribution in [1.82, 2.24) is 0 Å². The minimum absolute atomic E-state index is 0. The topological polar surface area (TPSA) is 151 Å². The molecule has 0 bridgehead atoms. The van der Waals surface area contributed by atoms with E-state index in [4.69, 9.17) is 18.9 Å². The summed E-state index contributed by atoms with van der Waals surface area (Å²) in [6.45, 7) is 7.98. The molecule has 0 spiro atoms. The van der Waals surface area contributed by atoms with Gasteiger partial charge in [-0.25, -0.2) is 0 Å². The smallest absolute Gasteiger partial charge is 0.550 e. The molecular weight excluding hydrogens is 946 g/mol. The Labute approximate surface area is 434 Å². The first-order valence-electron chi connectivity index (χ1n) is 25.1. The molecule has 0 aliphatic rings. The van der Waals surface area contributed by atoms with Crippen molar-refractivity contribution in [3.8, 4) is 0 Å². The summed E-state index contributed by atoms with van der Waals surface area (Å²) in [5.41, 5.74) is 2.12.